The molecule has 0 radical (unpaired) electrons. The Bertz CT molecular complexity index is 881. The maximum absolute atomic E-state index is 12.1. The van der Waals surface area contributed by atoms with Crippen molar-refractivity contribution < 1.29 is 13.2 Å². The predicted molar refractivity (Wildman–Crippen MR) is 100 cm³/mol. The van der Waals surface area contributed by atoms with Crippen LogP contribution in [0.5, 0.6) is 5.75 Å². The fraction of sp³-hybridized carbons (Fsp3) is 0.158. The van der Waals surface area contributed by atoms with Gasteiger partial charge in [-0.05, 0) is 42.3 Å². The van der Waals surface area contributed by atoms with E-state index >= 15 is 0 Å². The standard InChI is InChI=1S/C19H18ClNO3S/c1-2-7-16-8-3-4-9-19(16)24-15-6-5-14-21-25(22,23)18-12-10-17(20)11-13-18/h2-4,8-13,21H,1,7,14-15H2. The molecule has 0 aliphatic heterocycles. The molecule has 6 heteroatoms. The zero-order valence-electron chi connectivity index (χ0n) is 13.5. The van der Waals surface area contributed by atoms with E-state index in [1.807, 2.05) is 24.3 Å². The molecule has 1 N–H and O–H groups in total. The minimum Gasteiger partial charge on any atom is -0.481 e. The third kappa shape index (κ3) is 5.95. The van der Waals surface area contributed by atoms with Gasteiger partial charge in [0.1, 0.15) is 12.4 Å². The molecular weight excluding hydrogens is 358 g/mol. The highest BCUT2D eigenvalue weighted by molar-refractivity contribution is 7.89. The number of benzene rings is 2. The van der Waals surface area contributed by atoms with E-state index in [1.165, 1.54) is 24.3 Å². The zero-order valence-corrected chi connectivity index (χ0v) is 15.1. The molecule has 0 unspecified atom stereocenters. The molecule has 0 bridgehead atoms. The minimum absolute atomic E-state index is 0.00260. The largest absolute Gasteiger partial charge is 0.481 e. The lowest BCUT2D eigenvalue weighted by molar-refractivity contribution is 0.366. The number of hydrogen-bond acceptors (Lipinski definition) is 3. The minimum atomic E-state index is -3.59. The van der Waals surface area contributed by atoms with Gasteiger partial charge in [0, 0.05) is 5.02 Å². The van der Waals surface area contributed by atoms with Crippen LogP contribution in [-0.2, 0) is 16.4 Å². The van der Waals surface area contributed by atoms with E-state index in [2.05, 4.69) is 23.1 Å². The lowest BCUT2D eigenvalue weighted by Gasteiger charge is -2.07. The van der Waals surface area contributed by atoms with Crippen molar-refractivity contribution in [2.24, 2.45) is 0 Å². The molecule has 0 fully saturated rings. The number of halogens is 1. The molecule has 2 aromatic rings. The normalized spacial score (nSPS) is 10.6. The Morgan fingerprint density at radius 1 is 1.12 bits per heavy atom. The SMILES string of the molecule is C=CCc1ccccc1OCC#CCNS(=O)(=O)c1ccc(Cl)cc1. The van der Waals surface area contributed by atoms with E-state index in [1.54, 1.807) is 6.08 Å². The van der Waals surface area contributed by atoms with Crippen LogP contribution in [0.2, 0.25) is 5.02 Å². The van der Waals surface area contributed by atoms with Gasteiger partial charge >= 0.3 is 0 Å². The average Bonchev–Trinajstić information content (AvgIpc) is 2.60. The van der Waals surface area contributed by atoms with Gasteiger partial charge in [-0.25, -0.2) is 8.42 Å². The van der Waals surface area contributed by atoms with E-state index in [0.29, 0.717) is 11.4 Å². The van der Waals surface area contributed by atoms with Crippen molar-refractivity contribution in [2.75, 3.05) is 13.2 Å². The third-order valence-electron chi connectivity index (χ3n) is 3.24. The van der Waals surface area contributed by atoms with Crippen LogP contribution in [0.25, 0.3) is 0 Å². The van der Waals surface area contributed by atoms with Gasteiger partial charge in [-0.2, -0.15) is 4.72 Å². The first-order valence-electron chi connectivity index (χ1n) is 7.55. The summed E-state index contributed by atoms with van der Waals surface area (Å²) in [7, 11) is -3.59. The Hall–Kier alpha value is -2.26. The Morgan fingerprint density at radius 3 is 2.56 bits per heavy atom. The van der Waals surface area contributed by atoms with Crippen LogP contribution in [0.3, 0.4) is 0 Å². The van der Waals surface area contributed by atoms with Crippen molar-refractivity contribution >= 4 is 21.6 Å². The van der Waals surface area contributed by atoms with Gasteiger partial charge in [0.25, 0.3) is 0 Å². The van der Waals surface area contributed by atoms with Gasteiger partial charge in [0.2, 0.25) is 10.0 Å². The molecule has 4 nitrogen and oxygen atoms in total. The molecule has 0 amide bonds. The molecule has 2 rings (SSSR count). The summed E-state index contributed by atoms with van der Waals surface area (Å²) in [6, 6.07) is 13.6. The van der Waals surface area contributed by atoms with Gasteiger partial charge in [-0.1, -0.05) is 47.7 Å². The highest BCUT2D eigenvalue weighted by Crippen LogP contribution is 2.18. The summed E-state index contributed by atoms with van der Waals surface area (Å²) in [5.41, 5.74) is 1.03. The molecule has 0 saturated carbocycles. The summed E-state index contributed by atoms with van der Waals surface area (Å²) >= 11 is 5.75. The van der Waals surface area contributed by atoms with E-state index in [-0.39, 0.29) is 18.0 Å². The summed E-state index contributed by atoms with van der Waals surface area (Å²) in [5, 5.41) is 0.479. The average molecular weight is 376 g/mol. The van der Waals surface area contributed by atoms with Crippen LogP contribution in [0, 0.1) is 11.8 Å². The number of rotatable bonds is 7. The van der Waals surface area contributed by atoms with E-state index in [9.17, 15) is 8.42 Å². The lowest BCUT2D eigenvalue weighted by Crippen LogP contribution is -2.24. The number of nitrogens with one attached hydrogen (secondary N) is 1. The second-order valence-electron chi connectivity index (χ2n) is 5.02. The topological polar surface area (TPSA) is 55.4 Å². The highest BCUT2D eigenvalue weighted by atomic mass is 35.5. The summed E-state index contributed by atoms with van der Waals surface area (Å²) < 4.78 is 32.1. The van der Waals surface area contributed by atoms with Gasteiger partial charge in [0.15, 0.2) is 0 Å². The highest BCUT2D eigenvalue weighted by Gasteiger charge is 2.11. The van der Waals surface area contributed by atoms with E-state index in [0.717, 1.165) is 11.3 Å². The van der Waals surface area contributed by atoms with E-state index < -0.39 is 10.0 Å². The molecule has 0 saturated heterocycles. The van der Waals surface area contributed by atoms with E-state index in [4.69, 9.17) is 16.3 Å². The molecule has 0 aliphatic carbocycles. The fourth-order valence-corrected chi connectivity index (χ4v) is 3.07. The second kappa shape index (κ2) is 9.28. The number of allylic oxidation sites excluding steroid dienone is 1. The Balaban J connectivity index is 1.85. The van der Waals surface area contributed by atoms with Crippen molar-refractivity contribution in [3.05, 3.63) is 71.8 Å². The zero-order chi connectivity index (χ0) is 18.1. The molecule has 0 aliphatic rings. The van der Waals surface area contributed by atoms with Crippen LogP contribution in [-0.4, -0.2) is 21.6 Å². The summed E-state index contributed by atoms with van der Waals surface area (Å²) in [5.74, 6) is 6.27. The monoisotopic (exact) mass is 375 g/mol. The Morgan fingerprint density at radius 2 is 1.84 bits per heavy atom. The van der Waals surface area contributed by atoms with Crippen molar-refractivity contribution in [2.45, 2.75) is 11.3 Å². The molecule has 25 heavy (non-hydrogen) atoms. The summed E-state index contributed by atoms with van der Waals surface area (Å²) in [6.45, 7) is 3.89. The van der Waals surface area contributed by atoms with Crippen LogP contribution in [0.15, 0.2) is 66.1 Å². The van der Waals surface area contributed by atoms with Crippen LogP contribution in [0.4, 0.5) is 0 Å². The van der Waals surface area contributed by atoms with Crippen molar-refractivity contribution in [1.29, 1.82) is 0 Å². The molecular formula is C19H18ClNO3S. The van der Waals surface area contributed by atoms with Crippen LogP contribution >= 0.6 is 11.6 Å². The van der Waals surface area contributed by atoms with Gasteiger partial charge in [-0.3, -0.25) is 0 Å². The second-order valence-corrected chi connectivity index (χ2v) is 7.22. The number of hydrogen-bond donors (Lipinski definition) is 1. The molecule has 0 spiro atoms. The van der Waals surface area contributed by atoms with Gasteiger partial charge in [0.05, 0.1) is 11.4 Å². The number of sulfonamides is 1. The first-order chi connectivity index (χ1) is 12.0. The van der Waals surface area contributed by atoms with Crippen molar-refractivity contribution in [3.63, 3.8) is 0 Å². The number of ether oxygens (including phenoxy) is 1. The lowest BCUT2D eigenvalue weighted by atomic mass is 10.1. The van der Waals surface area contributed by atoms with Crippen LogP contribution < -0.4 is 9.46 Å². The van der Waals surface area contributed by atoms with Gasteiger partial charge < -0.3 is 4.74 Å². The Labute approximate surface area is 153 Å². The van der Waals surface area contributed by atoms with Crippen LogP contribution in [0.1, 0.15) is 5.56 Å². The quantitative estimate of drug-likeness (QED) is 0.596. The summed E-state index contributed by atoms with van der Waals surface area (Å²) in [6.07, 6.45) is 2.52. The maximum Gasteiger partial charge on any atom is 0.241 e. The molecule has 2 aromatic carbocycles. The molecule has 0 heterocycles. The number of para-hydroxylation sites is 1. The molecule has 0 atom stereocenters. The molecule has 0 aromatic heterocycles. The molecule has 130 valence electrons. The Kier molecular flexibility index (Phi) is 7.08. The van der Waals surface area contributed by atoms with Crippen molar-refractivity contribution in [3.8, 4) is 17.6 Å². The van der Waals surface area contributed by atoms with Crippen molar-refractivity contribution in [1.82, 2.24) is 4.72 Å². The first-order valence-corrected chi connectivity index (χ1v) is 9.41. The first kappa shape index (κ1) is 19.1. The smallest absolute Gasteiger partial charge is 0.241 e. The third-order valence-corrected chi connectivity index (χ3v) is 4.91. The summed E-state index contributed by atoms with van der Waals surface area (Å²) in [4.78, 5) is 0.147. The maximum atomic E-state index is 12.1. The van der Waals surface area contributed by atoms with Gasteiger partial charge in [-0.15, -0.1) is 6.58 Å². The fourth-order valence-electron chi connectivity index (χ4n) is 2.02. The predicted octanol–water partition coefficient (Wildman–Crippen LogP) is 3.43.